The zero-order chi connectivity index (χ0) is 13.1. The van der Waals surface area contributed by atoms with Crippen molar-refractivity contribution in [3.8, 4) is 0 Å². The maximum atomic E-state index is 5.92. The molecular weight excluding hydrogens is 240 g/mol. The van der Waals surface area contributed by atoms with Gasteiger partial charge in [0.25, 0.3) is 0 Å². The summed E-state index contributed by atoms with van der Waals surface area (Å²) in [5, 5.41) is 7.61. The van der Waals surface area contributed by atoms with Crippen molar-refractivity contribution in [2.75, 3.05) is 26.2 Å². The van der Waals surface area contributed by atoms with Gasteiger partial charge in [-0.3, -0.25) is 4.90 Å². The molecule has 0 spiro atoms. The average Bonchev–Trinajstić information content (AvgIpc) is 3.06. The zero-order valence-electron chi connectivity index (χ0n) is 11.3. The Hall–Kier alpha value is -1.17. The Morgan fingerprint density at radius 3 is 3.37 bits per heavy atom. The number of nitrogens with one attached hydrogen (secondary N) is 1. The first-order valence-electron chi connectivity index (χ1n) is 7.07. The fraction of sp³-hybridized carbons (Fsp3) is 0.643. The summed E-state index contributed by atoms with van der Waals surface area (Å²) < 4.78 is 7.64. The first-order chi connectivity index (χ1) is 9.35. The predicted octanol–water partition coefficient (Wildman–Crippen LogP) is 0.936. The predicted molar refractivity (Wildman–Crippen MR) is 74.7 cm³/mol. The van der Waals surface area contributed by atoms with Crippen molar-refractivity contribution < 1.29 is 4.74 Å². The van der Waals surface area contributed by atoms with Crippen molar-refractivity contribution in [3.05, 3.63) is 24.5 Å². The minimum atomic E-state index is 0.323. The van der Waals surface area contributed by atoms with E-state index in [0.717, 1.165) is 26.2 Å². The van der Waals surface area contributed by atoms with E-state index in [2.05, 4.69) is 21.9 Å². The molecule has 3 rings (SSSR count). The molecule has 0 radical (unpaired) electrons. The highest BCUT2D eigenvalue weighted by atomic mass is 16.5. The van der Waals surface area contributed by atoms with Crippen molar-refractivity contribution in [1.82, 2.24) is 20.0 Å². The highest BCUT2D eigenvalue weighted by Crippen LogP contribution is 2.22. The Labute approximate surface area is 114 Å². The van der Waals surface area contributed by atoms with Crippen LogP contribution in [0.1, 0.15) is 18.4 Å². The van der Waals surface area contributed by atoms with E-state index in [1.165, 1.54) is 24.9 Å². The first-order valence-corrected chi connectivity index (χ1v) is 7.07. The standard InChI is InChI=1S/C14H22N4O/c1-2-18-9-12(7-16-18)6-15-8-14-10-17-5-3-4-13(17)11-19-14/h2,7,9,13-15H,1,3-6,8,10-11H2. The lowest BCUT2D eigenvalue weighted by atomic mass is 10.2. The molecule has 19 heavy (non-hydrogen) atoms. The second-order valence-electron chi connectivity index (χ2n) is 5.39. The van der Waals surface area contributed by atoms with E-state index in [0.29, 0.717) is 12.1 Å². The van der Waals surface area contributed by atoms with E-state index in [1.807, 2.05) is 12.4 Å². The molecule has 0 aromatic carbocycles. The van der Waals surface area contributed by atoms with E-state index in [-0.39, 0.29) is 0 Å². The first kappa shape index (κ1) is 12.8. The SMILES string of the molecule is C=Cn1cc(CNCC2CN3CCCC3CO2)cn1. The summed E-state index contributed by atoms with van der Waals surface area (Å²) in [4.78, 5) is 2.57. The number of hydrogen-bond acceptors (Lipinski definition) is 4. The molecule has 2 unspecified atom stereocenters. The molecule has 0 aliphatic carbocycles. The summed E-state index contributed by atoms with van der Waals surface area (Å²) in [5.41, 5.74) is 1.18. The molecule has 0 amide bonds. The molecule has 1 N–H and O–H groups in total. The van der Waals surface area contributed by atoms with Gasteiger partial charge in [0.15, 0.2) is 0 Å². The van der Waals surface area contributed by atoms with Crippen LogP contribution in [0.3, 0.4) is 0 Å². The van der Waals surface area contributed by atoms with Crippen LogP contribution >= 0.6 is 0 Å². The van der Waals surface area contributed by atoms with E-state index >= 15 is 0 Å². The van der Waals surface area contributed by atoms with Crippen LogP contribution < -0.4 is 5.32 Å². The highest BCUT2D eigenvalue weighted by molar-refractivity contribution is 5.17. The van der Waals surface area contributed by atoms with Crippen LogP contribution in [0.15, 0.2) is 19.0 Å². The van der Waals surface area contributed by atoms with Gasteiger partial charge in [-0.2, -0.15) is 5.10 Å². The molecular formula is C14H22N4O. The van der Waals surface area contributed by atoms with Crippen LogP contribution in [0.2, 0.25) is 0 Å². The third kappa shape index (κ3) is 3.05. The van der Waals surface area contributed by atoms with Crippen LogP contribution in [-0.4, -0.2) is 53.1 Å². The van der Waals surface area contributed by atoms with Gasteiger partial charge in [-0.15, -0.1) is 0 Å². The molecule has 5 heteroatoms. The minimum absolute atomic E-state index is 0.323. The lowest BCUT2D eigenvalue weighted by Crippen LogP contribution is -2.49. The molecule has 2 aliphatic heterocycles. The fourth-order valence-electron chi connectivity index (χ4n) is 2.96. The Kier molecular flexibility index (Phi) is 3.96. The third-order valence-electron chi connectivity index (χ3n) is 4.00. The largest absolute Gasteiger partial charge is 0.374 e. The van der Waals surface area contributed by atoms with Gasteiger partial charge >= 0.3 is 0 Å². The number of rotatable bonds is 5. The van der Waals surface area contributed by atoms with Gasteiger partial charge in [-0.05, 0) is 19.4 Å². The molecule has 0 bridgehead atoms. The van der Waals surface area contributed by atoms with Crippen LogP contribution in [0.5, 0.6) is 0 Å². The molecule has 104 valence electrons. The fourth-order valence-corrected chi connectivity index (χ4v) is 2.96. The van der Waals surface area contributed by atoms with Crippen molar-refractivity contribution >= 4 is 6.20 Å². The van der Waals surface area contributed by atoms with Gasteiger partial charge in [-0.25, -0.2) is 4.68 Å². The van der Waals surface area contributed by atoms with Crippen molar-refractivity contribution in [2.24, 2.45) is 0 Å². The average molecular weight is 262 g/mol. The third-order valence-corrected chi connectivity index (χ3v) is 4.00. The topological polar surface area (TPSA) is 42.3 Å². The van der Waals surface area contributed by atoms with Gasteiger partial charge in [-0.1, -0.05) is 6.58 Å². The number of morpholine rings is 1. The van der Waals surface area contributed by atoms with Gasteiger partial charge in [0.05, 0.1) is 18.9 Å². The summed E-state index contributed by atoms with van der Waals surface area (Å²) >= 11 is 0. The molecule has 5 nitrogen and oxygen atoms in total. The number of nitrogens with zero attached hydrogens (tertiary/aromatic N) is 3. The number of aromatic nitrogens is 2. The van der Waals surface area contributed by atoms with Crippen LogP contribution in [0, 0.1) is 0 Å². The van der Waals surface area contributed by atoms with E-state index < -0.39 is 0 Å². The van der Waals surface area contributed by atoms with E-state index in [4.69, 9.17) is 4.74 Å². The number of ether oxygens (including phenoxy) is 1. The quantitative estimate of drug-likeness (QED) is 0.857. The number of fused-ring (bicyclic) bond motifs is 1. The number of hydrogen-bond donors (Lipinski definition) is 1. The lowest BCUT2D eigenvalue weighted by molar-refractivity contribution is -0.0470. The highest BCUT2D eigenvalue weighted by Gasteiger charge is 2.31. The maximum absolute atomic E-state index is 5.92. The summed E-state index contributed by atoms with van der Waals surface area (Å²) in [6.07, 6.45) is 8.51. The van der Waals surface area contributed by atoms with Crippen molar-refractivity contribution in [3.63, 3.8) is 0 Å². The minimum Gasteiger partial charge on any atom is -0.374 e. The molecule has 2 aliphatic rings. The monoisotopic (exact) mass is 262 g/mol. The molecule has 0 saturated carbocycles. The van der Waals surface area contributed by atoms with Gasteiger partial charge in [0, 0.05) is 43.6 Å². The van der Waals surface area contributed by atoms with E-state index in [9.17, 15) is 0 Å². The van der Waals surface area contributed by atoms with E-state index in [1.54, 1.807) is 10.9 Å². The Morgan fingerprint density at radius 1 is 1.58 bits per heavy atom. The molecule has 1 aromatic rings. The molecule has 1 aromatic heterocycles. The molecule has 2 atom stereocenters. The Balaban J connectivity index is 1.41. The van der Waals surface area contributed by atoms with Crippen molar-refractivity contribution in [1.29, 1.82) is 0 Å². The van der Waals surface area contributed by atoms with Crippen LogP contribution in [0.4, 0.5) is 0 Å². The van der Waals surface area contributed by atoms with Gasteiger partial charge in [0.1, 0.15) is 0 Å². The maximum Gasteiger partial charge on any atom is 0.0827 e. The smallest absolute Gasteiger partial charge is 0.0827 e. The summed E-state index contributed by atoms with van der Waals surface area (Å²) in [6, 6.07) is 0.682. The molecule has 2 saturated heterocycles. The summed E-state index contributed by atoms with van der Waals surface area (Å²) in [5.74, 6) is 0. The summed E-state index contributed by atoms with van der Waals surface area (Å²) in [7, 11) is 0. The zero-order valence-corrected chi connectivity index (χ0v) is 11.3. The normalized spacial score (nSPS) is 27.4. The summed E-state index contributed by atoms with van der Waals surface area (Å²) in [6.45, 7) is 8.64. The van der Waals surface area contributed by atoms with Gasteiger partial charge in [0.2, 0.25) is 0 Å². The lowest BCUT2D eigenvalue weighted by Gasteiger charge is -2.35. The Morgan fingerprint density at radius 2 is 2.53 bits per heavy atom. The van der Waals surface area contributed by atoms with Gasteiger partial charge < -0.3 is 10.1 Å². The second-order valence-corrected chi connectivity index (χ2v) is 5.39. The van der Waals surface area contributed by atoms with Crippen LogP contribution in [-0.2, 0) is 11.3 Å². The second kappa shape index (κ2) is 5.86. The van der Waals surface area contributed by atoms with Crippen LogP contribution in [0.25, 0.3) is 6.20 Å². The van der Waals surface area contributed by atoms with Crippen molar-refractivity contribution in [2.45, 2.75) is 31.5 Å². The molecule has 3 heterocycles. The molecule has 2 fully saturated rings. The Bertz CT molecular complexity index is 431.